The van der Waals surface area contributed by atoms with Crippen LogP contribution < -0.4 is 14.3 Å². The molecule has 3 aromatic rings. The second-order valence-electron chi connectivity index (χ2n) is 5.93. The van der Waals surface area contributed by atoms with Crippen molar-refractivity contribution in [2.45, 2.75) is 6.54 Å². The maximum Gasteiger partial charge on any atom is 0.325 e. The molecule has 1 aliphatic heterocycles. The van der Waals surface area contributed by atoms with E-state index in [0.717, 1.165) is 10.2 Å². The Hall–Kier alpha value is -2.84. The fraction of sp³-hybridized carbons (Fsp3) is 0.211. The van der Waals surface area contributed by atoms with Gasteiger partial charge in [0.25, 0.3) is 5.91 Å². The molecule has 0 saturated carbocycles. The molecule has 0 unspecified atom stereocenters. The number of aromatic nitrogens is 1. The molecule has 2 heterocycles. The number of fused-ring (bicyclic) bond motifs is 2. The van der Waals surface area contributed by atoms with Gasteiger partial charge in [0.05, 0.1) is 17.3 Å². The van der Waals surface area contributed by atoms with Crippen molar-refractivity contribution in [2.24, 2.45) is 4.99 Å². The van der Waals surface area contributed by atoms with Gasteiger partial charge in [-0.1, -0.05) is 22.9 Å². The quantitative estimate of drug-likeness (QED) is 0.611. The zero-order valence-electron chi connectivity index (χ0n) is 14.8. The Morgan fingerprint density at radius 3 is 2.75 bits per heavy atom. The lowest BCUT2D eigenvalue weighted by Crippen LogP contribution is -2.22. The average Bonchev–Trinajstić information content (AvgIpc) is 3.03. The van der Waals surface area contributed by atoms with E-state index in [1.54, 1.807) is 41.0 Å². The number of methoxy groups -OCH3 is 1. The second kappa shape index (κ2) is 7.65. The van der Waals surface area contributed by atoms with Crippen LogP contribution in [-0.2, 0) is 16.1 Å². The first-order chi connectivity index (χ1) is 13.5. The third-order valence-corrected chi connectivity index (χ3v) is 5.42. The van der Waals surface area contributed by atoms with Gasteiger partial charge >= 0.3 is 5.97 Å². The first-order valence-corrected chi connectivity index (χ1v) is 9.59. The number of thiazole rings is 1. The number of esters is 1. The lowest BCUT2D eigenvalue weighted by Gasteiger charge is -2.18. The fourth-order valence-corrected chi connectivity index (χ4v) is 4.11. The standard InChI is InChI=1S/C19H15ClN2O5S/c1-25-17(23)10-22-13-4-3-12(20)9-16(13)28-19(22)21-18(24)11-2-5-14-15(8-11)27-7-6-26-14/h2-5,8-9H,6-7,10H2,1H3. The lowest BCUT2D eigenvalue weighted by atomic mass is 10.2. The monoisotopic (exact) mass is 418 g/mol. The van der Waals surface area contributed by atoms with Crippen molar-refractivity contribution < 1.29 is 23.8 Å². The van der Waals surface area contributed by atoms with E-state index < -0.39 is 11.9 Å². The number of carbonyl (C=O) groups is 2. The highest BCUT2D eigenvalue weighted by molar-refractivity contribution is 7.16. The molecule has 0 atom stereocenters. The Balaban J connectivity index is 1.78. The second-order valence-corrected chi connectivity index (χ2v) is 7.38. The van der Waals surface area contributed by atoms with Gasteiger partial charge in [-0.3, -0.25) is 9.59 Å². The molecule has 0 radical (unpaired) electrons. The van der Waals surface area contributed by atoms with Crippen LogP contribution in [0.15, 0.2) is 41.4 Å². The molecule has 0 N–H and O–H groups in total. The molecule has 4 rings (SSSR count). The first-order valence-electron chi connectivity index (χ1n) is 8.39. The number of ether oxygens (including phenoxy) is 3. The Morgan fingerprint density at radius 1 is 1.18 bits per heavy atom. The maximum atomic E-state index is 12.7. The van der Waals surface area contributed by atoms with Crippen LogP contribution in [0.5, 0.6) is 11.5 Å². The van der Waals surface area contributed by atoms with E-state index >= 15 is 0 Å². The normalized spacial score (nSPS) is 13.6. The number of rotatable bonds is 3. The van der Waals surface area contributed by atoms with Crippen molar-refractivity contribution in [3.8, 4) is 11.5 Å². The third-order valence-electron chi connectivity index (χ3n) is 4.15. The van der Waals surface area contributed by atoms with E-state index in [9.17, 15) is 9.59 Å². The van der Waals surface area contributed by atoms with Crippen LogP contribution in [0.25, 0.3) is 10.2 Å². The van der Waals surface area contributed by atoms with Gasteiger partial charge in [0.2, 0.25) is 0 Å². The van der Waals surface area contributed by atoms with Crippen molar-refractivity contribution in [2.75, 3.05) is 20.3 Å². The number of hydrogen-bond acceptors (Lipinski definition) is 6. The van der Waals surface area contributed by atoms with Gasteiger partial charge in [0.1, 0.15) is 19.8 Å². The Morgan fingerprint density at radius 2 is 1.96 bits per heavy atom. The molecule has 1 aliphatic rings. The molecule has 1 amide bonds. The molecule has 0 fully saturated rings. The molecule has 144 valence electrons. The predicted octanol–water partition coefficient (Wildman–Crippen LogP) is 3.04. The summed E-state index contributed by atoms with van der Waals surface area (Å²) in [5.41, 5.74) is 1.11. The molecule has 0 saturated heterocycles. The van der Waals surface area contributed by atoms with Crippen LogP contribution in [0.1, 0.15) is 10.4 Å². The highest BCUT2D eigenvalue weighted by Gasteiger charge is 2.16. The summed E-state index contributed by atoms with van der Waals surface area (Å²) in [6, 6.07) is 10.2. The largest absolute Gasteiger partial charge is 0.486 e. The van der Waals surface area contributed by atoms with Crippen LogP contribution in [0, 0.1) is 0 Å². The number of benzene rings is 2. The minimum Gasteiger partial charge on any atom is -0.486 e. The van der Waals surface area contributed by atoms with Gasteiger partial charge < -0.3 is 18.8 Å². The van der Waals surface area contributed by atoms with Crippen LogP contribution in [0.2, 0.25) is 5.02 Å². The molecule has 28 heavy (non-hydrogen) atoms. The van der Waals surface area contributed by atoms with Gasteiger partial charge in [0, 0.05) is 10.6 Å². The maximum absolute atomic E-state index is 12.7. The van der Waals surface area contributed by atoms with Crippen molar-refractivity contribution in [3.63, 3.8) is 0 Å². The van der Waals surface area contributed by atoms with Gasteiger partial charge in [-0.2, -0.15) is 4.99 Å². The van der Waals surface area contributed by atoms with E-state index in [0.29, 0.717) is 40.1 Å². The molecule has 9 heteroatoms. The number of amides is 1. The summed E-state index contributed by atoms with van der Waals surface area (Å²) < 4.78 is 18.2. The summed E-state index contributed by atoms with van der Waals surface area (Å²) in [6.45, 7) is 0.839. The third kappa shape index (κ3) is 3.61. The molecular weight excluding hydrogens is 404 g/mol. The van der Waals surface area contributed by atoms with Crippen LogP contribution >= 0.6 is 22.9 Å². The molecular formula is C19H15ClN2O5S. The van der Waals surface area contributed by atoms with E-state index in [1.165, 1.54) is 18.4 Å². The van der Waals surface area contributed by atoms with Gasteiger partial charge in [-0.15, -0.1) is 0 Å². The summed E-state index contributed by atoms with van der Waals surface area (Å²) in [5.74, 6) is 0.217. The minimum atomic E-state index is -0.451. The zero-order chi connectivity index (χ0) is 19.7. The summed E-state index contributed by atoms with van der Waals surface area (Å²) >= 11 is 7.33. The molecule has 0 bridgehead atoms. The zero-order valence-corrected chi connectivity index (χ0v) is 16.4. The van der Waals surface area contributed by atoms with Crippen molar-refractivity contribution >= 4 is 45.0 Å². The predicted molar refractivity (Wildman–Crippen MR) is 104 cm³/mol. The molecule has 0 aliphatic carbocycles. The summed E-state index contributed by atoms with van der Waals surface area (Å²) in [6.07, 6.45) is 0. The molecule has 2 aromatic carbocycles. The summed E-state index contributed by atoms with van der Waals surface area (Å²) in [7, 11) is 1.31. The fourth-order valence-electron chi connectivity index (χ4n) is 2.81. The number of hydrogen-bond donors (Lipinski definition) is 0. The van der Waals surface area contributed by atoms with Gasteiger partial charge in [-0.05, 0) is 36.4 Å². The van der Waals surface area contributed by atoms with E-state index in [-0.39, 0.29) is 6.54 Å². The smallest absolute Gasteiger partial charge is 0.325 e. The Labute approximate surface area is 168 Å². The molecule has 1 aromatic heterocycles. The van der Waals surface area contributed by atoms with Crippen LogP contribution in [-0.4, -0.2) is 36.8 Å². The highest BCUT2D eigenvalue weighted by atomic mass is 35.5. The highest BCUT2D eigenvalue weighted by Crippen LogP contribution is 2.31. The number of nitrogens with zero attached hydrogens (tertiary/aromatic N) is 2. The molecule has 0 spiro atoms. The van der Waals surface area contributed by atoms with Crippen LogP contribution in [0.4, 0.5) is 0 Å². The van der Waals surface area contributed by atoms with Gasteiger partial charge in [0.15, 0.2) is 16.3 Å². The number of halogens is 1. The molecule has 7 nitrogen and oxygen atoms in total. The Kier molecular flexibility index (Phi) is 5.06. The lowest BCUT2D eigenvalue weighted by molar-refractivity contribution is -0.141. The summed E-state index contributed by atoms with van der Waals surface area (Å²) in [5, 5.41) is 0.559. The van der Waals surface area contributed by atoms with E-state index in [1.807, 2.05) is 0 Å². The van der Waals surface area contributed by atoms with Gasteiger partial charge in [-0.25, -0.2) is 0 Å². The van der Waals surface area contributed by atoms with Crippen LogP contribution in [0.3, 0.4) is 0 Å². The Bertz CT molecular complexity index is 1150. The number of carbonyl (C=O) groups excluding carboxylic acids is 2. The van der Waals surface area contributed by atoms with E-state index in [2.05, 4.69) is 4.99 Å². The van der Waals surface area contributed by atoms with Crippen molar-refractivity contribution in [3.05, 3.63) is 51.8 Å². The average molecular weight is 419 g/mol. The topological polar surface area (TPSA) is 79.1 Å². The SMILES string of the molecule is COC(=O)Cn1c(=NC(=O)c2ccc3c(c2)OCCO3)sc2cc(Cl)ccc21. The van der Waals surface area contributed by atoms with Crippen molar-refractivity contribution in [1.82, 2.24) is 4.57 Å². The van der Waals surface area contributed by atoms with Crippen molar-refractivity contribution in [1.29, 1.82) is 0 Å². The summed E-state index contributed by atoms with van der Waals surface area (Å²) in [4.78, 5) is 29.2. The van der Waals surface area contributed by atoms with E-state index in [4.69, 9.17) is 25.8 Å². The first kappa shape index (κ1) is 18.5. The minimum absolute atomic E-state index is 0.0641.